The van der Waals surface area contributed by atoms with E-state index in [1.807, 2.05) is 34.6 Å². The van der Waals surface area contributed by atoms with Crippen molar-refractivity contribution in [3.63, 3.8) is 0 Å². The molecular formula is C22H25Cl2N5O3S. The molecule has 0 fully saturated rings. The van der Waals surface area contributed by atoms with E-state index < -0.39 is 10.6 Å². The van der Waals surface area contributed by atoms with Gasteiger partial charge < -0.3 is 0 Å². The van der Waals surface area contributed by atoms with Crippen molar-refractivity contribution in [2.24, 2.45) is 0 Å². The van der Waals surface area contributed by atoms with E-state index in [1.54, 1.807) is 24.4 Å². The average molecular weight is 510 g/mol. The zero-order valence-electron chi connectivity index (χ0n) is 19.0. The molecule has 0 spiro atoms. The van der Waals surface area contributed by atoms with Gasteiger partial charge in [0.1, 0.15) is 0 Å². The second kappa shape index (κ2) is 9.87. The summed E-state index contributed by atoms with van der Waals surface area (Å²) in [4.78, 5) is 28.5. The largest absolute Gasteiger partial charge is 0.348 e. The molecule has 0 bridgehead atoms. The van der Waals surface area contributed by atoms with Gasteiger partial charge in [-0.1, -0.05) is 57.8 Å². The number of nitrogens with zero attached hydrogens (tertiary/aromatic N) is 4. The molecule has 2 heterocycles. The summed E-state index contributed by atoms with van der Waals surface area (Å²) in [5.41, 5.74) is 1.08. The van der Waals surface area contributed by atoms with Crippen LogP contribution < -0.4 is 5.69 Å². The van der Waals surface area contributed by atoms with Crippen LogP contribution in [0.25, 0.3) is 5.69 Å². The number of hydrogen-bond donors (Lipinski definition) is 1. The van der Waals surface area contributed by atoms with Crippen molar-refractivity contribution in [2.45, 2.75) is 69.0 Å². The molecule has 0 unspecified atom stereocenters. The smallest absolute Gasteiger partial charge is 0.258 e. The average Bonchev–Trinajstić information content (AvgIpc) is 3.10. The summed E-state index contributed by atoms with van der Waals surface area (Å²) < 4.78 is 1.34. The number of hydrogen-bond acceptors (Lipinski definition) is 6. The highest BCUT2D eigenvalue weighted by atomic mass is 35.5. The van der Waals surface area contributed by atoms with Crippen molar-refractivity contribution in [1.82, 2.24) is 19.7 Å². The predicted molar refractivity (Wildman–Crippen MR) is 131 cm³/mol. The lowest BCUT2D eigenvalue weighted by Gasteiger charge is -2.24. The van der Waals surface area contributed by atoms with Gasteiger partial charge in [-0.15, -0.1) is 5.10 Å². The van der Waals surface area contributed by atoms with Gasteiger partial charge in [0, 0.05) is 12.3 Å². The Labute approximate surface area is 205 Å². The van der Waals surface area contributed by atoms with Gasteiger partial charge in [0.2, 0.25) is 5.16 Å². The number of H-pyrrole nitrogens is 1. The van der Waals surface area contributed by atoms with Crippen molar-refractivity contribution < 1.29 is 4.92 Å². The Hall–Kier alpha value is -2.36. The number of aromatic amines is 1. The number of benzene rings is 1. The Bertz CT molecular complexity index is 1250. The highest BCUT2D eigenvalue weighted by molar-refractivity contribution is 7.99. The Morgan fingerprint density at radius 2 is 1.82 bits per heavy atom. The Kier molecular flexibility index (Phi) is 7.55. The SMILES string of the molecule is CCC(CC)c1cnc(Sc2n[nH]c(=O)n2-c2cc(Cl)c(Cl)cc2C(C)(C)C)c([N+](=O)[O-])c1. The first-order chi connectivity index (χ1) is 15.5. The molecule has 3 aromatic rings. The standard InChI is InChI=1S/C22H25Cl2N5O3S/c1-6-12(7-2)13-8-18(29(31)32)19(25-11-13)33-21-27-26-20(30)28(21)17-10-16(24)15(23)9-14(17)22(3,4)5/h8-12H,6-7H2,1-5H3,(H,26,30). The topological polar surface area (TPSA) is 107 Å². The van der Waals surface area contributed by atoms with Crippen LogP contribution in [0.5, 0.6) is 0 Å². The van der Waals surface area contributed by atoms with Gasteiger partial charge in [0.05, 0.1) is 20.7 Å². The van der Waals surface area contributed by atoms with Crippen molar-refractivity contribution in [1.29, 1.82) is 0 Å². The maximum absolute atomic E-state index is 12.7. The van der Waals surface area contributed by atoms with E-state index in [0.29, 0.717) is 10.7 Å². The van der Waals surface area contributed by atoms with Crippen LogP contribution in [0.1, 0.15) is 64.5 Å². The van der Waals surface area contributed by atoms with E-state index in [2.05, 4.69) is 15.2 Å². The predicted octanol–water partition coefficient (Wildman–Crippen LogP) is 6.52. The minimum absolute atomic E-state index is 0.128. The summed E-state index contributed by atoms with van der Waals surface area (Å²) in [7, 11) is 0. The summed E-state index contributed by atoms with van der Waals surface area (Å²) >= 11 is 13.5. The molecule has 11 heteroatoms. The number of halogens is 2. The van der Waals surface area contributed by atoms with E-state index in [4.69, 9.17) is 23.2 Å². The molecule has 0 amide bonds. The summed E-state index contributed by atoms with van der Waals surface area (Å²) in [5, 5.41) is 19.3. The fourth-order valence-corrected chi connectivity index (χ4v) is 4.82. The van der Waals surface area contributed by atoms with Crippen LogP contribution in [0.15, 0.2) is 39.4 Å². The lowest BCUT2D eigenvalue weighted by atomic mass is 9.85. The molecular weight excluding hydrogens is 485 g/mol. The molecule has 2 aromatic heterocycles. The monoisotopic (exact) mass is 509 g/mol. The van der Waals surface area contributed by atoms with Crippen LogP contribution in [-0.2, 0) is 5.41 Å². The molecule has 1 aromatic carbocycles. The summed E-state index contributed by atoms with van der Waals surface area (Å²) in [6.07, 6.45) is 3.36. The summed E-state index contributed by atoms with van der Waals surface area (Å²) in [5.74, 6) is 0.185. The maximum Gasteiger partial charge on any atom is 0.348 e. The second-order valence-corrected chi connectivity index (χ2v) is 10.4. The molecule has 33 heavy (non-hydrogen) atoms. The van der Waals surface area contributed by atoms with Gasteiger partial charge in [-0.3, -0.25) is 10.1 Å². The minimum atomic E-state index is -0.502. The normalized spacial score (nSPS) is 11.9. The van der Waals surface area contributed by atoms with Crippen LogP contribution >= 0.6 is 35.0 Å². The van der Waals surface area contributed by atoms with Crippen LogP contribution in [0.4, 0.5) is 5.69 Å². The van der Waals surface area contributed by atoms with Crippen molar-refractivity contribution in [2.75, 3.05) is 0 Å². The van der Waals surface area contributed by atoms with Gasteiger partial charge in [-0.2, -0.15) is 0 Å². The molecule has 176 valence electrons. The zero-order valence-corrected chi connectivity index (χ0v) is 21.3. The van der Waals surface area contributed by atoms with Crippen LogP contribution in [0.3, 0.4) is 0 Å². The number of aromatic nitrogens is 4. The van der Waals surface area contributed by atoms with Gasteiger partial charge in [0.15, 0.2) is 5.03 Å². The highest BCUT2D eigenvalue weighted by Gasteiger charge is 2.27. The van der Waals surface area contributed by atoms with Crippen molar-refractivity contribution >= 4 is 40.7 Å². The number of rotatable bonds is 7. The third kappa shape index (κ3) is 5.26. The van der Waals surface area contributed by atoms with E-state index in [0.717, 1.165) is 35.7 Å². The molecule has 0 aliphatic carbocycles. The molecule has 0 atom stereocenters. The van der Waals surface area contributed by atoms with E-state index in [1.165, 1.54) is 4.57 Å². The lowest BCUT2D eigenvalue weighted by molar-refractivity contribution is -0.388. The van der Waals surface area contributed by atoms with Gasteiger partial charge >= 0.3 is 11.4 Å². The molecule has 0 saturated heterocycles. The molecule has 0 radical (unpaired) electrons. The van der Waals surface area contributed by atoms with Crippen LogP contribution in [0.2, 0.25) is 10.0 Å². The van der Waals surface area contributed by atoms with E-state index in [9.17, 15) is 14.9 Å². The zero-order chi connectivity index (χ0) is 24.5. The molecule has 1 N–H and O–H groups in total. The van der Waals surface area contributed by atoms with E-state index >= 15 is 0 Å². The molecule has 8 nitrogen and oxygen atoms in total. The van der Waals surface area contributed by atoms with Crippen molar-refractivity contribution in [3.8, 4) is 5.69 Å². The van der Waals surface area contributed by atoms with Crippen molar-refractivity contribution in [3.05, 3.63) is 66.2 Å². The Morgan fingerprint density at radius 3 is 2.39 bits per heavy atom. The first-order valence-corrected chi connectivity index (χ1v) is 12.0. The highest BCUT2D eigenvalue weighted by Crippen LogP contribution is 2.38. The second-order valence-electron chi connectivity index (χ2n) is 8.65. The molecule has 0 aliphatic heterocycles. The van der Waals surface area contributed by atoms with Gasteiger partial charge in [-0.05, 0) is 59.2 Å². The third-order valence-corrected chi connectivity index (χ3v) is 7.11. The van der Waals surface area contributed by atoms with Crippen LogP contribution in [0, 0.1) is 10.1 Å². The Morgan fingerprint density at radius 1 is 1.18 bits per heavy atom. The fraction of sp³-hybridized carbons (Fsp3) is 0.409. The van der Waals surface area contributed by atoms with Crippen LogP contribution in [-0.4, -0.2) is 24.7 Å². The summed E-state index contributed by atoms with van der Waals surface area (Å²) in [6.45, 7) is 10.0. The van der Waals surface area contributed by atoms with E-state index in [-0.39, 0.29) is 32.2 Å². The summed E-state index contributed by atoms with van der Waals surface area (Å²) in [6, 6.07) is 4.88. The lowest BCUT2D eigenvalue weighted by Crippen LogP contribution is -2.22. The maximum atomic E-state index is 12.7. The fourth-order valence-electron chi connectivity index (χ4n) is 3.62. The Balaban J connectivity index is 2.15. The first kappa shape index (κ1) is 25.3. The molecule has 3 rings (SSSR count). The number of pyridine rings is 1. The number of nitrogens with one attached hydrogen (secondary N) is 1. The minimum Gasteiger partial charge on any atom is -0.258 e. The quantitative estimate of drug-likeness (QED) is 0.286. The number of nitro groups is 1. The molecule has 0 saturated carbocycles. The molecule has 0 aliphatic rings. The third-order valence-electron chi connectivity index (χ3n) is 5.42. The first-order valence-electron chi connectivity index (χ1n) is 10.5. The van der Waals surface area contributed by atoms with Gasteiger partial charge in [0.25, 0.3) is 0 Å². The van der Waals surface area contributed by atoms with Gasteiger partial charge in [-0.25, -0.2) is 19.4 Å².